The number of fused-ring (bicyclic) bond motifs is 1. The van der Waals surface area contributed by atoms with Crippen molar-refractivity contribution in [2.24, 2.45) is 0 Å². The lowest BCUT2D eigenvalue weighted by Crippen LogP contribution is -2.26. The molecule has 70 valence electrons. The van der Waals surface area contributed by atoms with Gasteiger partial charge in [0.05, 0.1) is 0 Å². The van der Waals surface area contributed by atoms with Gasteiger partial charge in [0.25, 0.3) is 0 Å². The van der Waals surface area contributed by atoms with Crippen molar-refractivity contribution in [1.29, 1.82) is 0 Å². The summed E-state index contributed by atoms with van der Waals surface area (Å²) in [5.41, 5.74) is 4.14. The first-order valence-corrected chi connectivity index (χ1v) is 4.95. The molecule has 1 aromatic heterocycles. The van der Waals surface area contributed by atoms with Crippen LogP contribution in [-0.4, -0.2) is 23.5 Å². The Balaban J connectivity index is 2.31. The Hall–Kier alpha value is -0.890. The van der Waals surface area contributed by atoms with E-state index in [1.807, 2.05) is 6.20 Å². The van der Waals surface area contributed by atoms with Gasteiger partial charge in [0.1, 0.15) is 0 Å². The average Bonchev–Trinajstić information content (AvgIpc) is 2.17. The van der Waals surface area contributed by atoms with E-state index < -0.39 is 0 Å². The van der Waals surface area contributed by atoms with Crippen molar-refractivity contribution in [3.05, 3.63) is 29.1 Å². The van der Waals surface area contributed by atoms with E-state index in [-0.39, 0.29) is 0 Å². The Morgan fingerprint density at radius 2 is 2.31 bits per heavy atom. The summed E-state index contributed by atoms with van der Waals surface area (Å²) >= 11 is 0. The predicted octanol–water partition coefficient (Wildman–Crippen LogP) is 1.63. The minimum absolute atomic E-state index is 1.04. The highest BCUT2D eigenvalue weighted by molar-refractivity contribution is 5.28. The van der Waals surface area contributed by atoms with Crippen LogP contribution in [0.5, 0.6) is 0 Å². The fourth-order valence-electron chi connectivity index (χ4n) is 1.82. The molecule has 2 heterocycles. The number of hydrogen-bond acceptors (Lipinski definition) is 2. The van der Waals surface area contributed by atoms with Gasteiger partial charge in [-0.05, 0) is 37.1 Å². The molecule has 2 rings (SSSR count). The number of aromatic nitrogens is 1. The first-order valence-electron chi connectivity index (χ1n) is 4.95. The average molecular weight is 176 g/mol. The van der Waals surface area contributed by atoms with Crippen molar-refractivity contribution in [3.63, 3.8) is 0 Å². The van der Waals surface area contributed by atoms with E-state index >= 15 is 0 Å². The molecule has 0 saturated heterocycles. The third-order valence-electron chi connectivity index (χ3n) is 2.70. The Kier molecular flexibility index (Phi) is 2.32. The van der Waals surface area contributed by atoms with Crippen molar-refractivity contribution >= 4 is 0 Å². The van der Waals surface area contributed by atoms with Crippen molar-refractivity contribution < 1.29 is 0 Å². The van der Waals surface area contributed by atoms with Crippen molar-refractivity contribution in [3.8, 4) is 0 Å². The lowest BCUT2D eigenvalue weighted by molar-refractivity contribution is 0.312. The van der Waals surface area contributed by atoms with Gasteiger partial charge in [-0.1, -0.05) is 6.92 Å². The third-order valence-corrected chi connectivity index (χ3v) is 2.70. The summed E-state index contributed by atoms with van der Waals surface area (Å²) in [6, 6.07) is 2.27. The zero-order valence-electron chi connectivity index (χ0n) is 8.38. The molecule has 0 bridgehead atoms. The van der Waals surface area contributed by atoms with Gasteiger partial charge in [-0.15, -0.1) is 0 Å². The topological polar surface area (TPSA) is 16.1 Å². The minimum atomic E-state index is 1.04. The monoisotopic (exact) mass is 176 g/mol. The van der Waals surface area contributed by atoms with Crippen LogP contribution in [0.1, 0.15) is 23.7 Å². The van der Waals surface area contributed by atoms with E-state index in [1.54, 1.807) is 0 Å². The number of pyridine rings is 1. The van der Waals surface area contributed by atoms with Crippen molar-refractivity contribution in [1.82, 2.24) is 9.88 Å². The van der Waals surface area contributed by atoms with Crippen LogP contribution in [0, 0.1) is 0 Å². The number of nitrogens with zero attached hydrogens (tertiary/aromatic N) is 2. The molecule has 0 atom stereocenters. The summed E-state index contributed by atoms with van der Waals surface area (Å²) in [5, 5.41) is 0. The summed E-state index contributed by atoms with van der Waals surface area (Å²) < 4.78 is 0. The van der Waals surface area contributed by atoms with E-state index in [9.17, 15) is 0 Å². The molecule has 1 aliphatic rings. The largest absolute Gasteiger partial charge is 0.302 e. The van der Waals surface area contributed by atoms with Gasteiger partial charge < -0.3 is 4.90 Å². The Morgan fingerprint density at radius 3 is 3.08 bits per heavy atom. The van der Waals surface area contributed by atoms with Crippen molar-refractivity contribution in [2.75, 3.05) is 13.6 Å². The van der Waals surface area contributed by atoms with E-state index in [4.69, 9.17) is 0 Å². The molecule has 0 fully saturated rings. The van der Waals surface area contributed by atoms with Crippen LogP contribution in [0.4, 0.5) is 0 Å². The molecule has 0 unspecified atom stereocenters. The van der Waals surface area contributed by atoms with Crippen LogP contribution >= 0.6 is 0 Å². The number of rotatable bonds is 1. The maximum absolute atomic E-state index is 4.42. The second-order valence-corrected chi connectivity index (χ2v) is 3.79. The number of hydrogen-bond donors (Lipinski definition) is 0. The molecule has 1 aromatic rings. The molecule has 0 spiro atoms. The fourth-order valence-corrected chi connectivity index (χ4v) is 1.82. The lowest BCUT2D eigenvalue weighted by atomic mass is 10.0. The second-order valence-electron chi connectivity index (χ2n) is 3.79. The second kappa shape index (κ2) is 3.46. The molecule has 2 heteroatoms. The van der Waals surface area contributed by atoms with Gasteiger partial charge in [-0.2, -0.15) is 0 Å². The van der Waals surface area contributed by atoms with Crippen LogP contribution in [0.3, 0.4) is 0 Å². The maximum atomic E-state index is 4.42. The summed E-state index contributed by atoms with van der Waals surface area (Å²) in [6.07, 6.45) is 4.27. The quantitative estimate of drug-likeness (QED) is 0.646. The molecule has 0 amide bonds. The maximum Gasteiger partial charge on any atom is 0.0403 e. The van der Waals surface area contributed by atoms with E-state index in [2.05, 4.69) is 29.9 Å². The molecule has 0 radical (unpaired) electrons. The van der Waals surface area contributed by atoms with Gasteiger partial charge in [0.15, 0.2) is 0 Å². The summed E-state index contributed by atoms with van der Waals surface area (Å²) in [7, 11) is 2.16. The van der Waals surface area contributed by atoms with Gasteiger partial charge in [-0.3, -0.25) is 4.98 Å². The normalized spacial score (nSPS) is 17.1. The van der Waals surface area contributed by atoms with Gasteiger partial charge in [0, 0.05) is 25.0 Å². The van der Waals surface area contributed by atoms with Crippen LogP contribution in [-0.2, 0) is 19.4 Å². The van der Waals surface area contributed by atoms with Gasteiger partial charge in [0.2, 0.25) is 0 Å². The zero-order valence-corrected chi connectivity index (χ0v) is 8.38. The molecule has 0 aromatic carbocycles. The first kappa shape index (κ1) is 8.70. The minimum Gasteiger partial charge on any atom is -0.302 e. The fraction of sp³-hybridized carbons (Fsp3) is 0.545. The third kappa shape index (κ3) is 1.73. The van der Waals surface area contributed by atoms with E-state index in [0.29, 0.717) is 0 Å². The molecule has 0 N–H and O–H groups in total. The Morgan fingerprint density at radius 1 is 1.46 bits per heavy atom. The molecule has 0 saturated carbocycles. The van der Waals surface area contributed by atoms with Crippen LogP contribution in [0.2, 0.25) is 0 Å². The van der Waals surface area contributed by atoms with Gasteiger partial charge >= 0.3 is 0 Å². The Labute approximate surface area is 79.6 Å². The smallest absolute Gasteiger partial charge is 0.0403 e. The van der Waals surface area contributed by atoms with E-state index in [1.165, 1.54) is 29.8 Å². The molecule has 13 heavy (non-hydrogen) atoms. The molecule has 2 nitrogen and oxygen atoms in total. The van der Waals surface area contributed by atoms with Crippen molar-refractivity contribution in [2.45, 2.75) is 26.3 Å². The highest BCUT2D eigenvalue weighted by atomic mass is 15.1. The van der Waals surface area contributed by atoms with Crippen LogP contribution in [0.25, 0.3) is 0 Å². The predicted molar refractivity (Wildman–Crippen MR) is 53.7 cm³/mol. The Bertz CT molecular complexity index is 307. The van der Waals surface area contributed by atoms with Crippen LogP contribution < -0.4 is 0 Å². The standard InChI is InChI=1S/C11H16N2/c1-3-11-6-9-4-5-13(2)8-10(9)7-12-11/h6-7H,3-5,8H2,1-2H3. The SMILES string of the molecule is CCc1cc2c(cn1)CN(C)CC2. The lowest BCUT2D eigenvalue weighted by Gasteiger charge is -2.24. The zero-order chi connectivity index (χ0) is 9.26. The summed E-state index contributed by atoms with van der Waals surface area (Å²) in [6.45, 7) is 4.40. The molecule has 0 aliphatic carbocycles. The summed E-state index contributed by atoms with van der Waals surface area (Å²) in [4.78, 5) is 6.76. The van der Waals surface area contributed by atoms with Crippen LogP contribution in [0.15, 0.2) is 12.3 Å². The first-order chi connectivity index (χ1) is 6.29. The molecular formula is C11H16N2. The summed E-state index contributed by atoms with van der Waals surface area (Å²) in [5.74, 6) is 0. The van der Waals surface area contributed by atoms with Gasteiger partial charge in [-0.25, -0.2) is 0 Å². The molecular weight excluding hydrogens is 160 g/mol. The number of likely N-dealkylation sites (N-methyl/N-ethyl adjacent to an activating group) is 1. The highest BCUT2D eigenvalue weighted by Gasteiger charge is 2.13. The highest BCUT2D eigenvalue weighted by Crippen LogP contribution is 2.17. The molecule has 1 aliphatic heterocycles. The number of aryl methyl sites for hydroxylation is 1. The van der Waals surface area contributed by atoms with E-state index in [0.717, 1.165) is 13.0 Å².